The van der Waals surface area contributed by atoms with Crippen LogP contribution in [0.5, 0.6) is 0 Å². The number of nitrogens with zero attached hydrogens (tertiary/aromatic N) is 2. The highest BCUT2D eigenvalue weighted by Gasteiger charge is 2.37. The highest BCUT2D eigenvalue weighted by Crippen LogP contribution is 2.31. The van der Waals surface area contributed by atoms with E-state index in [2.05, 4.69) is 15.9 Å². The monoisotopic (exact) mass is 326 g/mol. The minimum Gasteiger partial charge on any atom is -0.481 e. The Morgan fingerprint density at radius 1 is 1.53 bits per heavy atom. The highest BCUT2D eigenvalue weighted by molar-refractivity contribution is 9.10. The number of carboxylic acids is 1. The number of carboxylic acid groups (broad SMARTS) is 1. The van der Waals surface area contributed by atoms with Crippen LogP contribution in [0.15, 0.2) is 22.7 Å². The van der Waals surface area contributed by atoms with E-state index in [-0.39, 0.29) is 18.5 Å². The molecule has 1 unspecified atom stereocenters. The maximum Gasteiger partial charge on any atom is 0.324 e. The summed E-state index contributed by atoms with van der Waals surface area (Å²) in [7, 11) is 1.64. The first kappa shape index (κ1) is 13.9. The molecule has 1 aromatic rings. The van der Waals surface area contributed by atoms with Gasteiger partial charge in [0.15, 0.2) is 0 Å². The predicted molar refractivity (Wildman–Crippen MR) is 75.4 cm³/mol. The Morgan fingerprint density at radius 3 is 2.79 bits per heavy atom. The van der Waals surface area contributed by atoms with Crippen LogP contribution in [0, 0.1) is 6.92 Å². The average Bonchev–Trinajstić information content (AvgIpc) is 2.57. The average molecular weight is 327 g/mol. The summed E-state index contributed by atoms with van der Waals surface area (Å²) in [5.74, 6) is -0.894. The topological polar surface area (TPSA) is 60.9 Å². The maximum atomic E-state index is 12.2. The molecule has 1 aromatic carbocycles. The Morgan fingerprint density at radius 2 is 2.21 bits per heavy atom. The molecule has 1 heterocycles. The van der Waals surface area contributed by atoms with Crippen LogP contribution in [0.2, 0.25) is 0 Å². The SMILES string of the molecule is Cc1ccc(N2CC(CC(=O)O)N(C)C2=O)c(Br)c1. The van der Waals surface area contributed by atoms with Crippen molar-refractivity contribution < 1.29 is 14.7 Å². The first-order chi connectivity index (χ1) is 8.90. The van der Waals surface area contributed by atoms with Gasteiger partial charge in [0.1, 0.15) is 0 Å². The highest BCUT2D eigenvalue weighted by atomic mass is 79.9. The molecule has 1 aliphatic heterocycles. The minimum absolute atomic E-state index is 0.0395. The summed E-state index contributed by atoms with van der Waals surface area (Å²) < 4.78 is 0.838. The summed E-state index contributed by atoms with van der Waals surface area (Å²) in [6, 6.07) is 5.27. The number of amides is 2. The molecule has 0 aliphatic carbocycles. The van der Waals surface area contributed by atoms with Gasteiger partial charge in [-0.15, -0.1) is 0 Å². The third-order valence-corrected chi connectivity index (χ3v) is 3.91. The van der Waals surface area contributed by atoms with Crippen molar-refractivity contribution in [2.75, 3.05) is 18.5 Å². The van der Waals surface area contributed by atoms with Crippen LogP contribution in [0.3, 0.4) is 0 Å². The van der Waals surface area contributed by atoms with Crippen LogP contribution in [-0.4, -0.2) is 41.6 Å². The third kappa shape index (κ3) is 2.73. The van der Waals surface area contributed by atoms with Gasteiger partial charge < -0.3 is 10.0 Å². The second kappa shape index (κ2) is 5.21. The van der Waals surface area contributed by atoms with E-state index in [1.165, 1.54) is 4.90 Å². The van der Waals surface area contributed by atoms with Gasteiger partial charge in [0, 0.05) is 18.1 Å². The molecular weight excluding hydrogens is 312 g/mol. The number of carbonyl (C=O) groups excluding carboxylic acids is 1. The van der Waals surface area contributed by atoms with E-state index < -0.39 is 5.97 Å². The van der Waals surface area contributed by atoms with E-state index in [4.69, 9.17) is 5.11 Å². The van der Waals surface area contributed by atoms with E-state index in [9.17, 15) is 9.59 Å². The van der Waals surface area contributed by atoms with Crippen molar-refractivity contribution in [3.05, 3.63) is 28.2 Å². The smallest absolute Gasteiger partial charge is 0.324 e. The third-order valence-electron chi connectivity index (χ3n) is 3.28. The summed E-state index contributed by atoms with van der Waals surface area (Å²) in [5.41, 5.74) is 1.87. The predicted octanol–water partition coefficient (Wildman–Crippen LogP) is 2.47. The Balaban J connectivity index is 2.26. The number of benzene rings is 1. The van der Waals surface area contributed by atoms with Gasteiger partial charge in [0.2, 0.25) is 0 Å². The minimum atomic E-state index is -0.894. The van der Waals surface area contributed by atoms with Crippen molar-refractivity contribution in [3.8, 4) is 0 Å². The van der Waals surface area contributed by atoms with Crippen molar-refractivity contribution in [1.29, 1.82) is 0 Å². The van der Waals surface area contributed by atoms with E-state index >= 15 is 0 Å². The second-order valence-corrected chi connectivity index (χ2v) is 5.56. The van der Waals surface area contributed by atoms with E-state index in [1.54, 1.807) is 11.9 Å². The van der Waals surface area contributed by atoms with Crippen molar-refractivity contribution in [3.63, 3.8) is 0 Å². The molecule has 102 valence electrons. The number of rotatable bonds is 3. The van der Waals surface area contributed by atoms with Crippen molar-refractivity contribution in [2.45, 2.75) is 19.4 Å². The number of likely N-dealkylation sites (N-methyl/N-ethyl adjacent to an activating group) is 1. The van der Waals surface area contributed by atoms with Crippen LogP contribution in [-0.2, 0) is 4.79 Å². The molecule has 6 heteroatoms. The number of carbonyl (C=O) groups is 2. The Kier molecular flexibility index (Phi) is 3.80. The molecule has 1 fully saturated rings. The van der Waals surface area contributed by atoms with E-state index in [1.807, 2.05) is 25.1 Å². The molecule has 0 spiro atoms. The number of urea groups is 1. The van der Waals surface area contributed by atoms with E-state index in [0.29, 0.717) is 6.54 Å². The largest absolute Gasteiger partial charge is 0.481 e. The van der Waals surface area contributed by atoms with Gasteiger partial charge in [-0.05, 0) is 40.5 Å². The van der Waals surface area contributed by atoms with Gasteiger partial charge in [-0.1, -0.05) is 6.07 Å². The van der Waals surface area contributed by atoms with Gasteiger partial charge in [0.05, 0.1) is 18.2 Å². The molecule has 0 bridgehead atoms. The number of aliphatic carboxylic acids is 1. The zero-order valence-corrected chi connectivity index (χ0v) is 12.3. The first-order valence-corrected chi connectivity index (χ1v) is 6.71. The first-order valence-electron chi connectivity index (χ1n) is 5.92. The Bertz CT molecular complexity index is 533. The zero-order chi connectivity index (χ0) is 14.2. The van der Waals surface area contributed by atoms with Crippen LogP contribution in [0.4, 0.5) is 10.5 Å². The lowest BCUT2D eigenvalue weighted by molar-refractivity contribution is -0.137. The summed E-state index contributed by atoms with van der Waals surface area (Å²) in [6.45, 7) is 2.36. The lowest BCUT2D eigenvalue weighted by Crippen LogP contribution is -2.32. The summed E-state index contributed by atoms with van der Waals surface area (Å²) >= 11 is 3.45. The standard InChI is InChI=1S/C13H15BrN2O3/c1-8-3-4-11(10(14)5-8)16-7-9(6-12(17)18)15(2)13(16)19/h3-5,9H,6-7H2,1-2H3,(H,17,18). The fourth-order valence-corrected chi connectivity index (χ4v) is 2.90. The van der Waals surface area contributed by atoms with Gasteiger partial charge >= 0.3 is 12.0 Å². The van der Waals surface area contributed by atoms with Gasteiger partial charge in [0.25, 0.3) is 0 Å². The summed E-state index contributed by atoms with van der Waals surface area (Å²) in [4.78, 5) is 26.1. The number of aryl methyl sites for hydroxylation is 1. The molecule has 1 saturated heterocycles. The quantitative estimate of drug-likeness (QED) is 0.928. The zero-order valence-electron chi connectivity index (χ0n) is 10.8. The number of anilines is 1. The molecule has 0 aromatic heterocycles. The van der Waals surface area contributed by atoms with Crippen molar-refractivity contribution >= 4 is 33.6 Å². The molecule has 1 atom stereocenters. The Labute approximate surface area is 119 Å². The molecule has 19 heavy (non-hydrogen) atoms. The molecule has 2 rings (SSSR count). The fraction of sp³-hybridized carbons (Fsp3) is 0.385. The number of halogens is 1. The lowest BCUT2D eigenvalue weighted by atomic mass is 10.2. The van der Waals surface area contributed by atoms with Gasteiger partial charge in [-0.2, -0.15) is 0 Å². The Hall–Kier alpha value is -1.56. The normalized spacial score (nSPS) is 19.1. The van der Waals surface area contributed by atoms with E-state index in [0.717, 1.165) is 15.7 Å². The lowest BCUT2D eigenvalue weighted by Gasteiger charge is -2.17. The van der Waals surface area contributed by atoms with Crippen LogP contribution in [0.1, 0.15) is 12.0 Å². The molecule has 0 radical (unpaired) electrons. The van der Waals surface area contributed by atoms with Crippen LogP contribution in [0.25, 0.3) is 0 Å². The molecule has 5 nitrogen and oxygen atoms in total. The molecule has 2 amide bonds. The van der Waals surface area contributed by atoms with Crippen LogP contribution < -0.4 is 4.90 Å². The summed E-state index contributed by atoms with van der Waals surface area (Å²) in [6.07, 6.45) is -0.0395. The van der Waals surface area contributed by atoms with Crippen molar-refractivity contribution in [1.82, 2.24) is 4.90 Å². The molecule has 0 saturated carbocycles. The fourth-order valence-electron chi connectivity index (χ4n) is 2.19. The second-order valence-electron chi connectivity index (χ2n) is 4.71. The molecule has 1 aliphatic rings. The van der Waals surface area contributed by atoms with Gasteiger partial charge in [-0.3, -0.25) is 9.69 Å². The van der Waals surface area contributed by atoms with Gasteiger partial charge in [-0.25, -0.2) is 4.79 Å². The molecular formula is C13H15BrN2O3. The maximum absolute atomic E-state index is 12.2. The van der Waals surface area contributed by atoms with Crippen molar-refractivity contribution in [2.24, 2.45) is 0 Å². The number of hydrogen-bond acceptors (Lipinski definition) is 2. The van der Waals surface area contributed by atoms with Crippen LogP contribution >= 0.6 is 15.9 Å². The number of hydrogen-bond donors (Lipinski definition) is 1. The summed E-state index contributed by atoms with van der Waals surface area (Å²) in [5, 5.41) is 8.86. The molecule has 1 N–H and O–H groups in total.